The van der Waals surface area contributed by atoms with E-state index in [0.29, 0.717) is 29.1 Å². The van der Waals surface area contributed by atoms with Crippen LogP contribution < -0.4 is 26.3 Å². The molecule has 1 unspecified atom stereocenters. The molecule has 1 aliphatic heterocycles. The minimum absolute atomic E-state index is 0.0572. The lowest BCUT2D eigenvalue weighted by Crippen LogP contribution is -2.30. The number of nitrogens with two attached hydrogens (primary N) is 2. The molecule has 1 saturated heterocycles. The van der Waals surface area contributed by atoms with Crippen molar-refractivity contribution in [1.82, 2.24) is 4.90 Å². The fraction of sp³-hybridized carbons (Fsp3) is 0.429. The second-order valence-electron chi connectivity index (χ2n) is 7.42. The molecule has 1 fully saturated rings. The van der Waals surface area contributed by atoms with E-state index in [0.717, 1.165) is 30.0 Å². The van der Waals surface area contributed by atoms with Crippen molar-refractivity contribution in [2.75, 3.05) is 25.0 Å². The van der Waals surface area contributed by atoms with Crippen LogP contribution in [-0.4, -0.2) is 48.7 Å². The maximum Gasteiger partial charge on any atom is 0.317 e. The molecule has 5 N–H and O–H groups in total. The molecule has 2 aromatic rings. The van der Waals surface area contributed by atoms with Crippen molar-refractivity contribution >= 4 is 28.3 Å². The second-order valence-corrected chi connectivity index (χ2v) is 8.47. The number of thiophene rings is 1. The number of urea groups is 1. The van der Waals surface area contributed by atoms with Gasteiger partial charge in [-0.05, 0) is 45.4 Å². The molecule has 0 radical (unpaired) electrons. The van der Waals surface area contributed by atoms with Crippen molar-refractivity contribution in [3.8, 4) is 21.9 Å². The first-order valence-corrected chi connectivity index (χ1v) is 10.8. The van der Waals surface area contributed by atoms with Gasteiger partial charge in [0.05, 0.1) is 12.2 Å². The smallest absolute Gasteiger partial charge is 0.317 e. The topological polar surface area (TPSA) is 120 Å². The van der Waals surface area contributed by atoms with Crippen molar-refractivity contribution in [3.05, 3.63) is 29.8 Å². The summed E-state index contributed by atoms with van der Waals surface area (Å²) in [7, 11) is 0. The van der Waals surface area contributed by atoms with Gasteiger partial charge in [-0.15, -0.1) is 11.3 Å². The summed E-state index contributed by atoms with van der Waals surface area (Å²) in [5.74, 6) is 0.731. The largest absolute Gasteiger partial charge is 0.494 e. The number of amides is 3. The maximum atomic E-state index is 11.8. The number of anilines is 1. The number of nitrogens with zero attached hydrogens (tertiary/aromatic N) is 1. The van der Waals surface area contributed by atoms with Crippen molar-refractivity contribution < 1.29 is 19.1 Å². The van der Waals surface area contributed by atoms with Gasteiger partial charge in [0.15, 0.2) is 0 Å². The van der Waals surface area contributed by atoms with Crippen molar-refractivity contribution in [3.63, 3.8) is 0 Å². The Kier molecular flexibility index (Phi) is 6.84. The van der Waals surface area contributed by atoms with E-state index in [-0.39, 0.29) is 11.7 Å². The highest BCUT2D eigenvalue weighted by Crippen LogP contribution is 2.42. The van der Waals surface area contributed by atoms with Gasteiger partial charge in [0.1, 0.15) is 22.6 Å². The third-order valence-corrected chi connectivity index (χ3v) is 6.05. The average Bonchev–Trinajstić information content (AvgIpc) is 3.29. The summed E-state index contributed by atoms with van der Waals surface area (Å²) in [4.78, 5) is 26.3. The zero-order valence-electron chi connectivity index (χ0n) is 17.4. The molecule has 8 nitrogen and oxygen atoms in total. The highest BCUT2D eigenvalue weighted by atomic mass is 32.1. The van der Waals surface area contributed by atoms with E-state index in [4.69, 9.17) is 20.9 Å². The van der Waals surface area contributed by atoms with Crippen LogP contribution in [0.3, 0.4) is 0 Å². The summed E-state index contributed by atoms with van der Waals surface area (Å²) in [6.45, 7) is 8.65. The van der Waals surface area contributed by atoms with E-state index in [2.05, 4.69) is 24.1 Å². The molecule has 0 aliphatic carbocycles. The van der Waals surface area contributed by atoms with Crippen molar-refractivity contribution in [2.24, 2.45) is 11.5 Å². The summed E-state index contributed by atoms with van der Waals surface area (Å²) >= 11 is 1.22. The van der Waals surface area contributed by atoms with E-state index in [1.165, 1.54) is 11.3 Å². The zero-order valence-corrected chi connectivity index (χ0v) is 18.3. The van der Waals surface area contributed by atoms with Crippen LogP contribution in [0.4, 0.5) is 9.80 Å². The maximum absolute atomic E-state index is 11.8. The molecule has 0 bridgehead atoms. The first-order chi connectivity index (χ1) is 14.3. The molecule has 1 aliphatic rings. The second kappa shape index (κ2) is 9.36. The molecular formula is C21H28N4O4S. The number of primary amides is 2. The van der Waals surface area contributed by atoms with Gasteiger partial charge in [0, 0.05) is 35.6 Å². The van der Waals surface area contributed by atoms with Crippen LogP contribution in [0.5, 0.6) is 11.5 Å². The van der Waals surface area contributed by atoms with Gasteiger partial charge < -0.3 is 20.9 Å². The molecule has 3 rings (SSSR count). The summed E-state index contributed by atoms with van der Waals surface area (Å²) < 4.78 is 12.0. The van der Waals surface area contributed by atoms with Gasteiger partial charge in [-0.2, -0.15) is 0 Å². The van der Waals surface area contributed by atoms with Crippen LogP contribution in [-0.2, 0) is 0 Å². The number of carbonyl (C=O) groups is 2. The monoisotopic (exact) mass is 432 g/mol. The number of rotatable bonds is 8. The third-order valence-electron chi connectivity index (χ3n) is 4.96. The lowest BCUT2D eigenvalue weighted by atomic mass is 10.1. The Labute approximate surface area is 180 Å². The SMILES string of the molecule is CCOc1ccc(-c2cc(C(N)=O)c(NC(N)=O)s2)c(OC2CCN(C(C)C)C2)c1. The number of benzene rings is 1. The first-order valence-electron chi connectivity index (χ1n) is 9.96. The molecule has 0 saturated carbocycles. The predicted octanol–water partition coefficient (Wildman–Crippen LogP) is 3.26. The van der Waals surface area contributed by atoms with Crippen LogP contribution in [0.1, 0.15) is 37.6 Å². The molecule has 1 aromatic carbocycles. The highest BCUT2D eigenvalue weighted by Gasteiger charge is 2.27. The summed E-state index contributed by atoms with van der Waals surface area (Å²) in [6.07, 6.45) is 0.990. The van der Waals surface area contributed by atoms with E-state index in [1.807, 2.05) is 25.1 Å². The Morgan fingerprint density at radius 3 is 2.67 bits per heavy atom. The molecule has 9 heteroatoms. The van der Waals surface area contributed by atoms with Gasteiger partial charge in [0.25, 0.3) is 5.91 Å². The Morgan fingerprint density at radius 1 is 1.30 bits per heavy atom. The van der Waals surface area contributed by atoms with Crippen LogP contribution in [0.2, 0.25) is 0 Å². The summed E-state index contributed by atoms with van der Waals surface area (Å²) in [5.41, 5.74) is 11.7. The first kappa shape index (κ1) is 21.9. The number of carbonyl (C=O) groups excluding carboxylic acids is 2. The van der Waals surface area contributed by atoms with Crippen molar-refractivity contribution in [2.45, 2.75) is 39.3 Å². The molecule has 1 atom stereocenters. The van der Waals surface area contributed by atoms with Gasteiger partial charge in [0.2, 0.25) is 0 Å². The van der Waals surface area contributed by atoms with E-state index < -0.39 is 11.9 Å². The third kappa shape index (κ3) is 5.03. The molecule has 3 amide bonds. The van der Waals surface area contributed by atoms with E-state index >= 15 is 0 Å². The van der Waals surface area contributed by atoms with Gasteiger partial charge in [-0.3, -0.25) is 15.0 Å². The Balaban J connectivity index is 1.96. The standard InChI is InChI=1S/C21H28N4O4S/c1-4-28-13-5-6-15(17(9-13)29-14-7-8-25(11-14)12(2)3)18-10-16(19(22)26)20(30-18)24-21(23)27/h5-6,9-10,12,14H,4,7-8,11H2,1-3H3,(H2,22,26)(H3,23,24,27). The highest BCUT2D eigenvalue weighted by molar-refractivity contribution is 7.20. The molecule has 2 heterocycles. The number of likely N-dealkylation sites (tertiary alicyclic amines) is 1. The van der Waals surface area contributed by atoms with Crippen molar-refractivity contribution in [1.29, 1.82) is 0 Å². The van der Waals surface area contributed by atoms with Gasteiger partial charge >= 0.3 is 6.03 Å². The lowest BCUT2D eigenvalue weighted by molar-refractivity contribution is 0.100. The van der Waals surface area contributed by atoms with Gasteiger partial charge in [-0.25, -0.2) is 4.79 Å². The molecule has 0 spiro atoms. The fourth-order valence-electron chi connectivity index (χ4n) is 3.47. The van der Waals surface area contributed by atoms with Crippen LogP contribution >= 0.6 is 11.3 Å². The Bertz CT molecular complexity index is 928. The molecule has 30 heavy (non-hydrogen) atoms. The number of hydrogen-bond donors (Lipinski definition) is 3. The Morgan fingerprint density at radius 2 is 2.07 bits per heavy atom. The predicted molar refractivity (Wildman–Crippen MR) is 118 cm³/mol. The molecule has 162 valence electrons. The zero-order chi connectivity index (χ0) is 21.8. The molecule has 1 aromatic heterocycles. The lowest BCUT2D eigenvalue weighted by Gasteiger charge is -2.21. The molecular weight excluding hydrogens is 404 g/mol. The minimum Gasteiger partial charge on any atom is -0.494 e. The van der Waals surface area contributed by atoms with E-state index in [1.54, 1.807) is 6.07 Å². The Hall–Kier alpha value is -2.78. The van der Waals surface area contributed by atoms with Crippen LogP contribution in [0.25, 0.3) is 10.4 Å². The van der Waals surface area contributed by atoms with Crippen LogP contribution in [0, 0.1) is 0 Å². The quantitative estimate of drug-likeness (QED) is 0.591. The minimum atomic E-state index is -0.756. The van der Waals surface area contributed by atoms with E-state index in [9.17, 15) is 9.59 Å². The normalized spacial score (nSPS) is 16.6. The number of hydrogen-bond acceptors (Lipinski definition) is 6. The summed E-state index contributed by atoms with van der Waals surface area (Å²) in [6, 6.07) is 6.96. The average molecular weight is 433 g/mol. The number of nitrogens with one attached hydrogen (secondary N) is 1. The summed E-state index contributed by atoms with van der Waals surface area (Å²) in [5, 5.41) is 2.79. The fourth-order valence-corrected chi connectivity index (χ4v) is 4.57. The van der Waals surface area contributed by atoms with Crippen LogP contribution in [0.15, 0.2) is 24.3 Å². The van der Waals surface area contributed by atoms with Gasteiger partial charge in [-0.1, -0.05) is 0 Å². The number of ether oxygens (including phenoxy) is 2.